The van der Waals surface area contributed by atoms with Crippen LogP contribution in [0.4, 0.5) is 0 Å². The summed E-state index contributed by atoms with van der Waals surface area (Å²) in [5.41, 5.74) is 0. The smallest absolute Gasteiger partial charge is 0.165 e. The van der Waals surface area contributed by atoms with Crippen molar-refractivity contribution in [1.29, 1.82) is 0 Å². The molecule has 0 bridgehead atoms. The van der Waals surface area contributed by atoms with Crippen molar-refractivity contribution < 1.29 is 0 Å². The van der Waals surface area contributed by atoms with Crippen LogP contribution in [-0.2, 0) is 6.54 Å². The molecule has 1 saturated carbocycles. The van der Waals surface area contributed by atoms with Crippen molar-refractivity contribution in [2.75, 3.05) is 7.05 Å². The van der Waals surface area contributed by atoms with Gasteiger partial charge in [-0.05, 0) is 62.9 Å². The molecule has 1 aromatic heterocycles. The monoisotopic (exact) mass is 251 g/mol. The van der Waals surface area contributed by atoms with Crippen LogP contribution in [0.25, 0.3) is 0 Å². The highest BCUT2D eigenvalue weighted by atomic mass is 15.6. The lowest BCUT2D eigenvalue weighted by Gasteiger charge is -2.33. The fourth-order valence-electron chi connectivity index (χ4n) is 2.75. The van der Waals surface area contributed by atoms with Gasteiger partial charge in [-0.2, -0.15) is 0 Å². The van der Waals surface area contributed by atoms with Crippen LogP contribution in [0.1, 0.15) is 58.3 Å². The fourth-order valence-corrected chi connectivity index (χ4v) is 2.75. The van der Waals surface area contributed by atoms with Crippen LogP contribution in [0.15, 0.2) is 0 Å². The minimum atomic E-state index is 0.328. The van der Waals surface area contributed by atoms with Gasteiger partial charge >= 0.3 is 0 Å². The highest BCUT2D eigenvalue weighted by Gasteiger charge is 2.23. The van der Waals surface area contributed by atoms with E-state index in [-0.39, 0.29) is 0 Å². The maximum atomic E-state index is 4.15. The summed E-state index contributed by atoms with van der Waals surface area (Å²) < 4.78 is 1.92. The van der Waals surface area contributed by atoms with Crippen molar-refractivity contribution in [2.24, 2.45) is 5.92 Å². The van der Waals surface area contributed by atoms with E-state index < -0.39 is 0 Å². The van der Waals surface area contributed by atoms with E-state index in [1.54, 1.807) is 0 Å². The van der Waals surface area contributed by atoms with Crippen LogP contribution in [0.2, 0.25) is 0 Å². The lowest BCUT2D eigenvalue weighted by Crippen LogP contribution is -2.35. The molecule has 5 heteroatoms. The minimum Gasteiger partial charge on any atom is -0.296 e. The summed E-state index contributed by atoms with van der Waals surface area (Å²) in [4.78, 5) is 2.41. The Hall–Kier alpha value is -0.970. The number of aromatic nitrogens is 4. The Labute approximate surface area is 110 Å². The second-order valence-corrected chi connectivity index (χ2v) is 5.96. The number of tetrazole rings is 1. The summed E-state index contributed by atoms with van der Waals surface area (Å²) in [6.45, 7) is 7.43. The van der Waals surface area contributed by atoms with Crippen molar-refractivity contribution in [3.8, 4) is 0 Å². The highest BCUT2D eigenvalue weighted by molar-refractivity contribution is 4.85. The molecule has 1 aliphatic carbocycles. The minimum absolute atomic E-state index is 0.328. The summed E-state index contributed by atoms with van der Waals surface area (Å²) in [5, 5.41) is 12.0. The van der Waals surface area contributed by atoms with E-state index in [1.165, 1.54) is 25.7 Å². The molecule has 0 aromatic carbocycles. The van der Waals surface area contributed by atoms with E-state index >= 15 is 0 Å². The van der Waals surface area contributed by atoms with E-state index in [0.29, 0.717) is 12.1 Å². The second kappa shape index (κ2) is 5.78. The van der Waals surface area contributed by atoms with Gasteiger partial charge in [-0.1, -0.05) is 6.92 Å². The maximum absolute atomic E-state index is 4.15. The van der Waals surface area contributed by atoms with Crippen molar-refractivity contribution in [2.45, 2.75) is 65.1 Å². The second-order valence-electron chi connectivity index (χ2n) is 5.96. The number of nitrogens with zero attached hydrogens (tertiary/aromatic N) is 5. The predicted octanol–water partition coefficient (Wildman–Crippen LogP) is 2.26. The van der Waals surface area contributed by atoms with Crippen molar-refractivity contribution in [1.82, 2.24) is 25.1 Å². The SMILES string of the molecule is CC1CCC(N(C)Cc2nnnn2C(C)C)CC1. The molecule has 1 heterocycles. The Morgan fingerprint density at radius 3 is 2.56 bits per heavy atom. The maximum Gasteiger partial charge on any atom is 0.165 e. The van der Waals surface area contributed by atoms with Gasteiger partial charge < -0.3 is 0 Å². The third kappa shape index (κ3) is 3.07. The van der Waals surface area contributed by atoms with Crippen LogP contribution in [0.3, 0.4) is 0 Å². The molecule has 2 rings (SSSR count). The van der Waals surface area contributed by atoms with E-state index in [0.717, 1.165) is 18.3 Å². The van der Waals surface area contributed by atoms with Crippen LogP contribution in [0, 0.1) is 5.92 Å². The first kappa shape index (κ1) is 13.5. The highest BCUT2D eigenvalue weighted by Crippen LogP contribution is 2.27. The Bertz CT molecular complexity index is 365. The molecule has 0 radical (unpaired) electrons. The van der Waals surface area contributed by atoms with Gasteiger partial charge in [0, 0.05) is 6.04 Å². The van der Waals surface area contributed by atoms with Crippen LogP contribution in [0.5, 0.6) is 0 Å². The molecule has 1 fully saturated rings. The molecule has 0 amide bonds. The normalized spacial score (nSPS) is 25.0. The van der Waals surface area contributed by atoms with E-state index in [4.69, 9.17) is 0 Å². The van der Waals surface area contributed by atoms with Crippen LogP contribution < -0.4 is 0 Å². The van der Waals surface area contributed by atoms with Crippen LogP contribution >= 0.6 is 0 Å². The molecule has 0 aliphatic heterocycles. The third-order valence-corrected chi connectivity index (χ3v) is 4.05. The zero-order valence-electron chi connectivity index (χ0n) is 12.0. The van der Waals surface area contributed by atoms with Crippen molar-refractivity contribution >= 4 is 0 Å². The van der Waals surface area contributed by atoms with Crippen molar-refractivity contribution in [3.63, 3.8) is 0 Å². The number of hydrogen-bond acceptors (Lipinski definition) is 4. The molecule has 0 N–H and O–H groups in total. The van der Waals surface area contributed by atoms with Gasteiger partial charge in [-0.25, -0.2) is 4.68 Å². The lowest BCUT2D eigenvalue weighted by molar-refractivity contribution is 0.158. The summed E-state index contributed by atoms with van der Waals surface area (Å²) >= 11 is 0. The lowest BCUT2D eigenvalue weighted by atomic mass is 9.87. The van der Waals surface area contributed by atoms with Gasteiger partial charge in [0.05, 0.1) is 12.6 Å². The topological polar surface area (TPSA) is 46.8 Å². The number of hydrogen-bond donors (Lipinski definition) is 0. The summed E-state index contributed by atoms with van der Waals surface area (Å²) in [5.74, 6) is 1.88. The fraction of sp³-hybridized carbons (Fsp3) is 0.923. The molecule has 0 saturated heterocycles. The Morgan fingerprint density at radius 2 is 1.94 bits per heavy atom. The third-order valence-electron chi connectivity index (χ3n) is 4.05. The standard InChI is InChI=1S/C13H25N5/c1-10(2)18-13(14-15-16-18)9-17(4)12-7-5-11(3)6-8-12/h10-12H,5-9H2,1-4H3. The first-order valence-corrected chi connectivity index (χ1v) is 7.05. The molecule has 5 nitrogen and oxygen atoms in total. The summed E-state index contributed by atoms with van der Waals surface area (Å²) in [6, 6.07) is 1.02. The Kier molecular flexibility index (Phi) is 4.32. The molecule has 0 spiro atoms. The summed E-state index contributed by atoms with van der Waals surface area (Å²) in [6.07, 6.45) is 5.32. The summed E-state index contributed by atoms with van der Waals surface area (Å²) in [7, 11) is 2.19. The van der Waals surface area contributed by atoms with Gasteiger partial charge in [0.2, 0.25) is 0 Å². The zero-order valence-corrected chi connectivity index (χ0v) is 12.0. The Balaban J connectivity index is 1.94. The Morgan fingerprint density at radius 1 is 1.28 bits per heavy atom. The van der Waals surface area contributed by atoms with E-state index in [9.17, 15) is 0 Å². The van der Waals surface area contributed by atoms with E-state index in [2.05, 4.69) is 48.2 Å². The molecule has 1 aliphatic rings. The molecule has 18 heavy (non-hydrogen) atoms. The average molecular weight is 251 g/mol. The van der Waals surface area contributed by atoms with Crippen molar-refractivity contribution in [3.05, 3.63) is 5.82 Å². The van der Waals surface area contributed by atoms with Gasteiger partial charge in [0.15, 0.2) is 5.82 Å². The first-order valence-electron chi connectivity index (χ1n) is 7.05. The molecule has 1 aromatic rings. The quantitative estimate of drug-likeness (QED) is 0.823. The number of rotatable bonds is 4. The zero-order chi connectivity index (χ0) is 13.1. The van der Waals surface area contributed by atoms with Gasteiger partial charge in [-0.15, -0.1) is 5.10 Å². The van der Waals surface area contributed by atoms with Crippen LogP contribution in [-0.4, -0.2) is 38.2 Å². The van der Waals surface area contributed by atoms with Gasteiger partial charge in [-0.3, -0.25) is 4.90 Å². The molecule has 0 unspecified atom stereocenters. The molecular formula is C13H25N5. The average Bonchev–Trinajstić information content (AvgIpc) is 2.78. The molecular weight excluding hydrogens is 226 g/mol. The van der Waals surface area contributed by atoms with Gasteiger partial charge in [0.1, 0.15) is 0 Å². The van der Waals surface area contributed by atoms with Gasteiger partial charge in [0.25, 0.3) is 0 Å². The van der Waals surface area contributed by atoms with E-state index in [1.807, 2.05) is 4.68 Å². The predicted molar refractivity (Wildman–Crippen MR) is 71.1 cm³/mol. The molecule has 102 valence electrons. The first-order chi connectivity index (χ1) is 8.58. The largest absolute Gasteiger partial charge is 0.296 e. The molecule has 0 atom stereocenters.